The van der Waals surface area contributed by atoms with Crippen LogP contribution in [0, 0.1) is 5.92 Å². The van der Waals surface area contributed by atoms with E-state index in [4.69, 9.17) is 0 Å². The first-order valence-corrected chi connectivity index (χ1v) is 6.53. The monoisotopic (exact) mass is 240 g/mol. The molecule has 7 heteroatoms. The molecule has 86 valence electrons. The van der Waals surface area contributed by atoms with Gasteiger partial charge in [0.2, 0.25) is 0 Å². The second-order valence-corrected chi connectivity index (χ2v) is 5.90. The van der Waals surface area contributed by atoms with Crippen LogP contribution in [0.4, 0.5) is 0 Å². The molecule has 2 aromatic rings. The van der Waals surface area contributed by atoms with Crippen LogP contribution in [-0.4, -0.2) is 34.1 Å². The van der Waals surface area contributed by atoms with Crippen molar-refractivity contribution in [3.63, 3.8) is 0 Å². The normalized spacial score (nSPS) is 12.4. The summed E-state index contributed by atoms with van der Waals surface area (Å²) in [6, 6.07) is 0. The Morgan fingerprint density at radius 2 is 2.06 bits per heavy atom. The highest BCUT2D eigenvalue weighted by atomic mass is 32.2. The van der Waals surface area contributed by atoms with Gasteiger partial charge in [-0.15, -0.1) is 0 Å². The van der Waals surface area contributed by atoms with Crippen molar-refractivity contribution in [1.29, 1.82) is 0 Å². The lowest BCUT2D eigenvalue weighted by Crippen LogP contribution is -2.14. The smallest absolute Gasteiger partial charge is 0.198 e. The van der Waals surface area contributed by atoms with Crippen LogP contribution in [-0.2, 0) is 9.84 Å². The molecular weight excluding hydrogens is 228 g/mol. The van der Waals surface area contributed by atoms with E-state index in [-0.39, 0.29) is 16.7 Å². The minimum Gasteiger partial charge on any atom is -0.341 e. The Morgan fingerprint density at radius 1 is 1.31 bits per heavy atom. The highest BCUT2D eigenvalue weighted by Gasteiger charge is 2.22. The molecule has 0 saturated heterocycles. The van der Waals surface area contributed by atoms with E-state index in [1.165, 1.54) is 12.7 Å². The van der Waals surface area contributed by atoms with E-state index in [1.54, 1.807) is 0 Å². The van der Waals surface area contributed by atoms with Gasteiger partial charge in [-0.3, -0.25) is 0 Å². The molecule has 0 spiro atoms. The lowest BCUT2D eigenvalue weighted by Gasteiger charge is -2.06. The molecule has 0 bridgehead atoms. The topological polar surface area (TPSA) is 88.6 Å². The van der Waals surface area contributed by atoms with Gasteiger partial charge in [0.1, 0.15) is 11.8 Å². The maximum absolute atomic E-state index is 12.0. The number of imidazole rings is 1. The molecule has 0 unspecified atom stereocenters. The SMILES string of the molecule is CC(C)CS(=O)(=O)c1ncnc2nc[nH]c12. The Kier molecular flexibility index (Phi) is 2.63. The van der Waals surface area contributed by atoms with Crippen molar-refractivity contribution in [3.8, 4) is 0 Å². The number of nitrogens with zero attached hydrogens (tertiary/aromatic N) is 3. The molecule has 0 aliphatic heterocycles. The van der Waals surface area contributed by atoms with E-state index in [9.17, 15) is 8.42 Å². The van der Waals surface area contributed by atoms with Crippen molar-refractivity contribution in [2.75, 3.05) is 5.75 Å². The fourth-order valence-electron chi connectivity index (χ4n) is 1.50. The zero-order valence-corrected chi connectivity index (χ0v) is 9.82. The molecule has 6 nitrogen and oxygen atoms in total. The molecule has 2 rings (SSSR count). The Hall–Kier alpha value is -1.50. The summed E-state index contributed by atoms with van der Waals surface area (Å²) in [7, 11) is -3.38. The number of H-pyrrole nitrogens is 1. The summed E-state index contributed by atoms with van der Waals surface area (Å²) >= 11 is 0. The summed E-state index contributed by atoms with van der Waals surface area (Å²) in [5.74, 6) is 0.121. The minimum absolute atomic E-state index is 0.0312. The van der Waals surface area contributed by atoms with Gasteiger partial charge in [0, 0.05) is 0 Å². The number of rotatable bonds is 3. The molecule has 0 aliphatic carbocycles. The summed E-state index contributed by atoms with van der Waals surface area (Å²) in [4.78, 5) is 14.4. The van der Waals surface area contributed by atoms with Crippen molar-refractivity contribution in [2.24, 2.45) is 5.92 Å². The number of nitrogens with one attached hydrogen (secondary N) is 1. The molecular formula is C9H12N4O2S. The Bertz CT molecular complexity index is 603. The van der Waals surface area contributed by atoms with Gasteiger partial charge in [0.25, 0.3) is 0 Å². The average Bonchev–Trinajstić information content (AvgIpc) is 2.62. The maximum Gasteiger partial charge on any atom is 0.198 e. The number of fused-ring (bicyclic) bond motifs is 1. The molecule has 2 aromatic heterocycles. The van der Waals surface area contributed by atoms with E-state index < -0.39 is 9.84 Å². The number of aromatic amines is 1. The Labute approximate surface area is 93.1 Å². The fourth-order valence-corrected chi connectivity index (χ4v) is 3.20. The molecule has 0 aliphatic rings. The van der Waals surface area contributed by atoms with Crippen molar-refractivity contribution < 1.29 is 8.42 Å². The Balaban J connectivity index is 2.59. The lowest BCUT2D eigenvalue weighted by atomic mass is 10.3. The van der Waals surface area contributed by atoms with E-state index >= 15 is 0 Å². The van der Waals surface area contributed by atoms with Crippen molar-refractivity contribution in [2.45, 2.75) is 18.9 Å². The number of sulfone groups is 1. The molecule has 0 fully saturated rings. The molecule has 0 amide bonds. The van der Waals surface area contributed by atoms with Gasteiger partial charge in [0.05, 0.1) is 12.1 Å². The van der Waals surface area contributed by atoms with E-state index in [2.05, 4.69) is 19.9 Å². The largest absolute Gasteiger partial charge is 0.341 e. The quantitative estimate of drug-likeness (QED) is 0.801. The first-order valence-electron chi connectivity index (χ1n) is 4.87. The van der Waals surface area contributed by atoms with Crippen LogP contribution in [0.3, 0.4) is 0 Å². The van der Waals surface area contributed by atoms with Crippen LogP contribution in [0.2, 0.25) is 0 Å². The number of hydrogen-bond donors (Lipinski definition) is 1. The van der Waals surface area contributed by atoms with Crippen molar-refractivity contribution in [3.05, 3.63) is 12.7 Å². The summed E-state index contributed by atoms with van der Waals surface area (Å²) in [5, 5.41) is 0.0312. The minimum atomic E-state index is -3.38. The van der Waals surface area contributed by atoms with Gasteiger partial charge >= 0.3 is 0 Å². The molecule has 16 heavy (non-hydrogen) atoms. The van der Waals surface area contributed by atoms with Gasteiger partial charge in [-0.25, -0.2) is 23.4 Å². The fraction of sp³-hybridized carbons (Fsp3) is 0.444. The molecule has 0 saturated carbocycles. The first kappa shape index (κ1) is 11.0. The third kappa shape index (κ3) is 1.90. The zero-order chi connectivity index (χ0) is 11.8. The van der Waals surface area contributed by atoms with Crippen LogP contribution in [0.1, 0.15) is 13.8 Å². The van der Waals surface area contributed by atoms with Crippen LogP contribution >= 0.6 is 0 Å². The summed E-state index contributed by atoms with van der Waals surface area (Å²) in [6.07, 6.45) is 2.63. The molecule has 2 heterocycles. The van der Waals surface area contributed by atoms with Gasteiger partial charge < -0.3 is 4.98 Å². The molecule has 0 radical (unpaired) electrons. The van der Waals surface area contributed by atoms with Crippen LogP contribution in [0.5, 0.6) is 0 Å². The maximum atomic E-state index is 12.0. The van der Waals surface area contributed by atoms with Crippen LogP contribution in [0.25, 0.3) is 11.2 Å². The van der Waals surface area contributed by atoms with Gasteiger partial charge in [0.15, 0.2) is 20.5 Å². The van der Waals surface area contributed by atoms with Gasteiger partial charge in [-0.1, -0.05) is 13.8 Å². The van der Waals surface area contributed by atoms with E-state index in [0.29, 0.717) is 11.2 Å². The lowest BCUT2D eigenvalue weighted by molar-refractivity contribution is 0.579. The van der Waals surface area contributed by atoms with E-state index in [0.717, 1.165) is 0 Å². The van der Waals surface area contributed by atoms with Crippen LogP contribution in [0.15, 0.2) is 17.7 Å². The van der Waals surface area contributed by atoms with Crippen molar-refractivity contribution >= 4 is 21.0 Å². The second-order valence-electron chi connectivity index (χ2n) is 3.96. The first-order chi connectivity index (χ1) is 7.50. The summed E-state index contributed by atoms with van der Waals surface area (Å²) in [5.41, 5.74) is 0.750. The third-order valence-corrected chi connectivity index (χ3v) is 4.04. The Morgan fingerprint density at radius 3 is 2.75 bits per heavy atom. The number of hydrogen-bond acceptors (Lipinski definition) is 5. The third-order valence-electron chi connectivity index (χ3n) is 2.04. The molecule has 0 atom stereocenters. The second kappa shape index (κ2) is 3.82. The summed E-state index contributed by atoms with van der Waals surface area (Å²) in [6.45, 7) is 3.70. The zero-order valence-electron chi connectivity index (χ0n) is 9.01. The predicted octanol–water partition coefficient (Wildman–Crippen LogP) is 0.783. The van der Waals surface area contributed by atoms with E-state index in [1.807, 2.05) is 13.8 Å². The standard InChI is InChI=1S/C9H12N4O2S/c1-6(2)3-16(14,15)9-7-8(11-4-10-7)12-5-13-9/h4-6H,3H2,1-2H3,(H,10,11,12,13). The van der Waals surface area contributed by atoms with Gasteiger partial charge in [-0.2, -0.15) is 0 Å². The average molecular weight is 240 g/mol. The van der Waals surface area contributed by atoms with Gasteiger partial charge in [-0.05, 0) is 5.92 Å². The van der Waals surface area contributed by atoms with Crippen LogP contribution < -0.4 is 0 Å². The molecule has 0 aromatic carbocycles. The predicted molar refractivity (Wildman–Crippen MR) is 58.6 cm³/mol. The highest BCUT2D eigenvalue weighted by molar-refractivity contribution is 7.91. The van der Waals surface area contributed by atoms with Crippen molar-refractivity contribution in [1.82, 2.24) is 19.9 Å². The number of aromatic nitrogens is 4. The molecule has 1 N–H and O–H groups in total. The highest BCUT2D eigenvalue weighted by Crippen LogP contribution is 2.18. The summed E-state index contributed by atoms with van der Waals surface area (Å²) < 4.78 is 24.0.